The first kappa shape index (κ1) is 69.5. The summed E-state index contributed by atoms with van der Waals surface area (Å²) in [5.41, 5.74) is 10.0. The molecule has 0 aliphatic rings. The van der Waals surface area contributed by atoms with E-state index in [9.17, 15) is 10.2 Å². The van der Waals surface area contributed by atoms with Crippen LogP contribution < -0.4 is 37.6 Å². The van der Waals surface area contributed by atoms with Crippen LogP contribution in [0.3, 0.4) is 0 Å². The van der Waals surface area contributed by atoms with Crippen molar-refractivity contribution in [1.82, 2.24) is 18.3 Å². The first-order valence-electron chi connectivity index (χ1n) is 34.6. The van der Waals surface area contributed by atoms with E-state index in [0.717, 1.165) is 152 Å². The molecular weight excluding hydrogens is 1270 g/mol. The number of imidazole rings is 2. The second-order valence-electron chi connectivity index (χ2n) is 24.3. The Bertz CT molecular complexity index is 4760. The van der Waals surface area contributed by atoms with E-state index in [1.165, 1.54) is 0 Å². The van der Waals surface area contributed by atoms with Crippen LogP contribution in [-0.4, -0.2) is 54.8 Å². The molecule has 102 heavy (non-hydrogen) atoms. The molecule has 0 saturated carbocycles. The van der Waals surface area contributed by atoms with E-state index in [0.29, 0.717) is 13.1 Å². The van der Waals surface area contributed by atoms with Gasteiger partial charge in [0.15, 0.2) is 37.9 Å². The first-order chi connectivity index (χ1) is 50.4. The van der Waals surface area contributed by atoms with Crippen molar-refractivity contribution < 1.29 is 37.6 Å². The third-order valence-electron chi connectivity index (χ3n) is 16.8. The quantitative estimate of drug-likeness (QED) is 0.0272. The van der Waals surface area contributed by atoms with Gasteiger partial charge in [-0.15, -0.1) is 10.2 Å². The van der Waals surface area contributed by atoms with Crippen LogP contribution in [0.15, 0.2) is 353 Å². The Kier molecular flexibility index (Phi) is 25.2. The molecule has 8 aromatic heterocycles. The number of azo groups is 4. The Morgan fingerprint density at radius 3 is 1.19 bits per heavy atom. The Morgan fingerprint density at radius 2 is 0.725 bits per heavy atom. The Hall–Kier alpha value is -12.4. The molecule has 13 rings (SSSR count). The molecule has 13 aromatic rings. The third-order valence-corrected chi connectivity index (χ3v) is 16.8. The number of pyridine rings is 4. The summed E-state index contributed by atoms with van der Waals surface area (Å²) in [6, 6.07) is 69.8. The van der Waals surface area contributed by atoms with Crippen molar-refractivity contribution in [3.8, 4) is 11.4 Å². The number of hydrogen-bond donors (Lipinski definition) is 3. The van der Waals surface area contributed by atoms with Crippen molar-refractivity contribution in [2.75, 3.05) is 36.5 Å². The summed E-state index contributed by atoms with van der Waals surface area (Å²) in [5, 5.41) is 57.8. The molecule has 0 unspecified atom stereocenters. The number of hydrogen-bond acceptors (Lipinski definition) is 12. The zero-order valence-electron chi connectivity index (χ0n) is 57.2. The van der Waals surface area contributed by atoms with Gasteiger partial charge in [0.05, 0.1) is 86.5 Å². The highest BCUT2D eigenvalue weighted by Gasteiger charge is 2.15. The van der Waals surface area contributed by atoms with Crippen molar-refractivity contribution in [2.45, 2.75) is 78.0 Å². The number of aryl methyl sites for hydroxylation is 8. The molecule has 0 radical (unpaired) electrons. The lowest BCUT2D eigenvalue weighted by atomic mass is 10.2. The van der Waals surface area contributed by atoms with Crippen LogP contribution in [0.4, 0.5) is 62.8 Å². The average Bonchev–Trinajstić information content (AvgIpc) is 1.23. The molecule has 5 aromatic carbocycles. The molecule has 0 fully saturated rings. The van der Waals surface area contributed by atoms with Gasteiger partial charge in [0.1, 0.15) is 47.5 Å². The smallest absolute Gasteiger partial charge is 0.350 e. The summed E-state index contributed by atoms with van der Waals surface area (Å²) in [6.45, 7) is 8.06. The molecule has 0 aliphatic heterocycles. The van der Waals surface area contributed by atoms with Gasteiger partial charge in [0.2, 0.25) is 12.7 Å². The van der Waals surface area contributed by atoms with Gasteiger partial charge in [-0.2, -0.15) is 10.2 Å². The monoisotopic (exact) mass is 1360 g/mol. The number of aliphatic hydroxyl groups excluding tert-OH is 2. The molecule has 0 bridgehead atoms. The van der Waals surface area contributed by atoms with Gasteiger partial charge < -0.3 is 29.6 Å². The zero-order valence-corrected chi connectivity index (χ0v) is 57.2. The van der Waals surface area contributed by atoms with Gasteiger partial charge in [0, 0.05) is 116 Å². The van der Waals surface area contributed by atoms with Crippen LogP contribution >= 0.6 is 0 Å². The van der Waals surface area contributed by atoms with E-state index in [4.69, 9.17) is 0 Å². The second-order valence-corrected chi connectivity index (χ2v) is 24.3. The predicted octanol–water partition coefficient (Wildman–Crippen LogP) is 14.8. The molecule has 512 valence electrons. The van der Waals surface area contributed by atoms with Gasteiger partial charge in [-0.3, -0.25) is 0 Å². The van der Waals surface area contributed by atoms with Gasteiger partial charge in [-0.1, -0.05) is 30.3 Å². The van der Waals surface area contributed by atoms with Gasteiger partial charge in [-0.05, 0) is 168 Å². The third kappa shape index (κ3) is 21.3. The maximum atomic E-state index is 9.31. The van der Waals surface area contributed by atoms with E-state index in [2.05, 4.69) is 160 Å². The van der Waals surface area contributed by atoms with Gasteiger partial charge in [-0.25, -0.2) is 36.5 Å². The van der Waals surface area contributed by atoms with Crippen LogP contribution in [-0.2, 0) is 52.4 Å². The second kappa shape index (κ2) is 37.0. The number of benzene rings is 5. The SMILES string of the molecule is OCCN(CCO)c1ccc(N=Nc2cccc[n+]2CCCn2cc[n+](CCC[n+]3cccc(N=Nc4ccc(Nc5ccccc5)cc4)c3)c2)cc1.c1cc[n+](CCCn2cc[n+](CCC[n+]3cccc(N=Nc4ccc(-n5cccc5)cc4)c3)c2)c(N=Nc2ccc(-n3cccc3)cc2)c1. The van der Waals surface area contributed by atoms with Crippen LogP contribution in [0, 0.1) is 0 Å². The zero-order chi connectivity index (χ0) is 69.6. The van der Waals surface area contributed by atoms with Crippen LogP contribution in [0.25, 0.3) is 11.4 Å². The number of aromatic nitrogens is 10. The lowest BCUT2D eigenvalue weighted by Crippen LogP contribution is -2.37. The lowest BCUT2D eigenvalue weighted by molar-refractivity contribution is -0.726. The number of nitrogens with one attached hydrogen (secondary N) is 1. The maximum absolute atomic E-state index is 9.31. The van der Waals surface area contributed by atoms with Crippen molar-refractivity contribution in [3.05, 3.63) is 312 Å². The highest BCUT2D eigenvalue weighted by molar-refractivity contribution is 5.61. The van der Waals surface area contributed by atoms with E-state index in [1.54, 1.807) is 0 Å². The van der Waals surface area contributed by atoms with Crippen molar-refractivity contribution in [1.29, 1.82) is 0 Å². The van der Waals surface area contributed by atoms with Gasteiger partial charge in [0.25, 0.3) is 0 Å². The minimum atomic E-state index is 0.0244. The fourth-order valence-corrected chi connectivity index (χ4v) is 11.5. The van der Waals surface area contributed by atoms with Crippen LogP contribution in [0.2, 0.25) is 0 Å². The van der Waals surface area contributed by atoms with E-state index < -0.39 is 0 Å². The summed E-state index contributed by atoms with van der Waals surface area (Å²) in [4.78, 5) is 1.93. The molecule has 3 N–H and O–H groups in total. The van der Waals surface area contributed by atoms with Crippen LogP contribution in [0.5, 0.6) is 0 Å². The number of rotatable bonds is 33. The van der Waals surface area contributed by atoms with Crippen molar-refractivity contribution >= 4 is 62.8 Å². The summed E-state index contributed by atoms with van der Waals surface area (Å²) >= 11 is 0. The van der Waals surface area contributed by atoms with Crippen LogP contribution in [0.1, 0.15) is 25.7 Å². The predicted molar refractivity (Wildman–Crippen MR) is 392 cm³/mol. The molecule has 0 aliphatic carbocycles. The molecule has 0 spiro atoms. The fourth-order valence-electron chi connectivity index (χ4n) is 11.5. The normalized spacial score (nSPS) is 11.5. The number of aliphatic hydroxyl groups is 2. The Balaban J connectivity index is 0.000000193. The minimum Gasteiger partial charge on any atom is -0.395 e. The van der Waals surface area contributed by atoms with E-state index in [1.807, 2.05) is 248 Å². The molecule has 22 nitrogen and oxygen atoms in total. The number of anilines is 3. The van der Waals surface area contributed by atoms with E-state index in [-0.39, 0.29) is 13.2 Å². The Labute approximate surface area is 594 Å². The molecular formula is C80H86N20O2+6. The number of nitrogens with zero attached hydrogens (tertiary/aromatic N) is 19. The molecule has 0 amide bonds. The molecule has 8 heterocycles. The van der Waals surface area contributed by atoms with Crippen molar-refractivity contribution in [2.24, 2.45) is 40.9 Å². The molecule has 22 heteroatoms. The molecule has 0 atom stereocenters. The maximum Gasteiger partial charge on any atom is 0.350 e. The standard InChI is InChI=1S/C41H47N10O2.C39H39N10/c52-31-29-50(30-32-53)40-19-17-38(18-20-40)44-46-41-12-4-5-25-51(41)26-8-24-49-28-27-48(34-49)23-7-22-47-21-6-11-39(33-47)45-43-37-15-13-36(14-16-37)42-35-9-2-1-3-10-35;1-2-28-49(39(11-1)43-41-35-14-18-38(19-15-35)48-26-5-6-27-48)29-9-23-46-31-30-45(33-46)22-8-21-44-20-7-10-36(32-44)42-40-34-12-16-37(17-13-34)47-24-3-4-25-47/h1-6,9-21,25,27-28,33-34,42,52-53H,7-8,22-24,26,29-32H2;1-7,10-20,24-28,30-33H,8-9,21-23,29H2/q2*+3. The highest BCUT2D eigenvalue weighted by atomic mass is 16.3. The minimum absolute atomic E-state index is 0.0244. The first-order valence-corrected chi connectivity index (χ1v) is 34.6. The molecule has 0 saturated heterocycles. The summed E-state index contributed by atoms with van der Waals surface area (Å²) < 4.78 is 21.7. The fraction of sp³-hybridized carbons (Fsp3) is 0.200. The largest absolute Gasteiger partial charge is 0.395 e. The summed E-state index contributed by atoms with van der Waals surface area (Å²) in [7, 11) is 0. The number of para-hydroxylation sites is 1. The van der Waals surface area contributed by atoms with Crippen molar-refractivity contribution in [3.63, 3.8) is 0 Å². The highest BCUT2D eigenvalue weighted by Crippen LogP contribution is 2.25. The summed E-state index contributed by atoms with van der Waals surface area (Å²) in [6.07, 6.45) is 37.2. The van der Waals surface area contributed by atoms with Gasteiger partial charge >= 0.3 is 11.6 Å². The lowest BCUT2D eigenvalue weighted by Gasteiger charge is -2.22. The summed E-state index contributed by atoms with van der Waals surface area (Å²) in [5.74, 6) is 1.63. The van der Waals surface area contributed by atoms with E-state index >= 15 is 0 Å². The average molecular weight is 1360 g/mol. The topological polar surface area (TPSA) is 198 Å². The Morgan fingerprint density at radius 1 is 0.324 bits per heavy atom.